The van der Waals surface area contributed by atoms with E-state index in [-0.39, 0.29) is 11.3 Å². The van der Waals surface area contributed by atoms with Gasteiger partial charge in [0, 0.05) is 31.0 Å². The van der Waals surface area contributed by atoms with Crippen LogP contribution in [0.1, 0.15) is 37.1 Å². The van der Waals surface area contributed by atoms with Crippen molar-refractivity contribution in [3.05, 3.63) is 78.3 Å². The van der Waals surface area contributed by atoms with Gasteiger partial charge in [-0.05, 0) is 49.2 Å². The summed E-state index contributed by atoms with van der Waals surface area (Å²) in [4.78, 5) is 31.3. The Morgan fingerprint density at radius 3 is 2.66 bits per heavy atom. The predicted molar refractivity (Wildman–Crippen MR) is 117 cm³/mol. The molecule has 1 amide bonds. The fourth-order valence-corrected chi connectivity index (χ4v) is 3.78. The molecule has 4 rings (SSSR count). The van der Waals surface area contributed by atoms with Crippen LogP contribution in [0, 0.1) is 0 Å². The van der Waals surface area contributed by atoms with Gasteiger partial charge in [0.1, 0.15) is 23.3 Å². The van der Waals surface area contributed by atoms with Crippen molar-refractivity contribution in [1.29, 1.82) is 0 Å². The standard InChI is InChI=1S/C24H25N3O5/c1-2-14-31-18-8-6-17(7-9-18)22(28)20-21(19-5-3-15-32-19)27(24(30)23(20)29)12-4-11-26-13-10-25-16-26/h3,5-10,13,15-16,21,28H,2,4,11-12,14H2,1H3. The third-order valence-corrected chi connectivity index (χ3v) is 5.33. The van der Waals surface area contributed by atoms with E-state index in [1.165, 1.54) is 11.2 Å². The number of imidazole rings is 1. The van der Waals surface area contributed by atoms with Crippen LogP contribution in [0.3, 0.4) is 0 Å². The zero-order valence-corrected chi connectivity index (χ0v) is 17.8. The van der Waals surface area contributed by atoms with Crippen molar-refractivity contribution in [1.82, 2.24) is 14.5 Å². The van der Waals surface area contributed by atoms with Crippen molar-refractivity contribution in [2.45, 2.75) is 32.4 Å². The van der Waals surface area contributed by atoms with E-state index in [1.54, 1.807) is 48.9 Å². The van der Waals surface area contributed by atoms with E-state index in [1.807, 2.05) is 17.7 Å². The maximum atomic E-state index is 12.9. The Bertz CT molecular complexity index is 1090. The highest BCUT2D eigenvalue weighted by atomic mass is 16.5. The number of nitrogens with zero attached hydrogens (tertiary/aromatic N) is 3. The third kappa shape index (κ3) is 4.30. The molecule has 166 valence electrons. The Hall–Kier alpha value is -3.81. The van der Waals surface area contributed by atoms with Gasteiger partial charge < -0.3 is 23.7 Å². The average Bonchev–Trinajstić information content (AvgIpc) is 3.56. The molecule has 1 N–H and O–H groups in total. The van der Waals surface area contributed by atoms with E-state index < -0.39 is 17.7 Å². The van der Waals surface area contributed by atoms with Crippen molar-refractivity contribution in [2.75, 3.05) is 13.2 Å². The molecule has 0 radical (unpaired) electrons. The normalized spacial score (nSPS) is 17.8. The second kappa shape index (κ2) is 9.55. The third-order valence-electron chi connectivity index (χ3n) is 5.33. The number of likely N-dealkylation sites (tertiary alicyclic amines) is 1. The first kappa shape index (κ1) is 21.4. The van der Waals surface area contributed by atoms with Crippen LogP contribution in [0.2, 0.25) is 0 Å². The second-order valence-corrected chi connectivity index (χ2v) is 7.53. The van der Waals surface area contributed by atoms with Crippen LogP contribution < -0.4 is 4.74 Å². The number of aryl methyl sites for hydroxylation is 1. The smallest absolute Gasteiger partial charge is 0.295 e. The summed E-state index contributed by atoms with van der Waals surface area (Å²) in [6.07, 6.45) is 8.21. The number of ether oxygens (including phenoxy) is 1. The average molecular weight is 435 g/mol. The van der Waals surface area contributed by atoms with Crippen LogP contribution in [0.15, 0.2) is 71.4 Å². The lowest BCUT2D eigenvalue weighted by molar-refractivity contribution is -0.140. The summed E-state index contributed by atoms with van der Waals surface area (Å²) in [6.45, 7) is 3.58. The summed E-state index contributed by atoms with van der Waals surface area (Å²) in [6, 6.07) is 9.41. The highest BCUT2D eigenvalue weighted by molar-refractivity contribution is 6.46. The number of aromatic nitrogens is 2. The first-order valence-electron chi connectivity index (χ1n) is 10.6. The molecular weight excluding hydrogens is 410 g/mol. The van der Waals surface area contributed by atoms with Gasteiger partial charge in [0.2, 0.25) is 0 Å². The molecule has 0 spiro atoms. The van der Waals surface area contributed by atoms with Crippen molar-refractivity contribution in [3.63, 3.8) is 0 Å². The van der Waals surface area contributed by atoms with Gasteiger partial charge in [-0.25, -0.2) is 4.98 Å². The van der Waals surface area contributed by atoms with Gasteiger partial charge in [-0.3, -0.25) is 9.59 Å². The SMILES string of the molecule is CCCOc1ccc(C(O)=C2C(=O)C(=O)N(CCCn3ccnc3)C2c2ccco2)cc1. The molecule has 3 aromatic rings. The van der Waals surface area contributed by atoms with E-state index in [0.717, 1.165) is 6.42 Å². The number of carbonyl (C=O) groups is 2. The van der Waals surface area contributed by atoms with Crippen molar-refractivity contribution in [3.8, 4) is 5.75 Å². The molecule has 1 atom stereocenters. The van der Waals surface area contributed by atoms with Gasteiger partial charge in [0.05, 0.1) is 24.8 Å². The minimum atomic E-state index is -0.788. The number of amides is 1. The summed E-state index contributed by atoms with van der Waals surface area (Å²) in [5, 5.41) is 11.0. The number of ketones is 1. The van der Waals surface area contributed by atoms with Crippen LogP contribution in [-0.4, -0.2) is 44.4 Å². The number of benzene rings is 1. The molecular formula is C24H25N3O5. The fraction of sp³-hybridized carbons (Fsp3) is 0.292. The van der Waals surface area contributed by atoms with E-state index in [4.69, 9.17) is 9.15 Å². The number of rotatable bonds is 9. The minimum absolute atomic E-state index is 0.0230. The molecule has 8 heteroatoms. The quantitative estimate of drug-likeness (QED) is 0.312. The van der Waals surface area contributed by atoms with Crippen LogP contribution in [0.4, 0.5) is 0 Å². The van der Waals surface area contributed by atoms with E-state index in [0.29, 0.717) is 43.2 Å². The Morgan fingerprint density at radius 2 is 2.00 bits per heavy atom. The number of carbonyl (C=O) groups excluding carboxylic acids is 2. The van der Waals surface area contributed by atoms with Crippen LogP contribution in [-0.2, 0) is 16.1 Å². The largest absolute Gasteiger partial charge is 0.507 e. The maximum Gasteiger partial charge on any atom is 0.295 e. The van der Waals surface area contributed by atoms with Gasteiger partial charge in [-0.2, -0.15) is 0 Å². The molecule has 0 saturated carbocycles. The van der Waals surface area contributed by atoms with E-state index in [9.17, 15) is 14.7 Å². The molecule has 0 bridgehead atoms. The molecule has 32 heavy (non-hydrogen) atoms. The molecule has 1 aliphatic rings. The zero-order chi connectivity index (χ0) is 22.5. The lowest BCUT2D eigenvalue weighted by Gasteiger charge is -2.23. The predicted octanol–water partition coefficient (Wildman–Crippen LogP) is 3.78. The molecule has 1 aliphatic heterocycles. The first-order chi connectivity index (χ1) is 15.6. The summed E-state index contributed by atoms with van der Waals surface area (Å²) < 4.78 is 13.0. The molecule has 8 nitrogen and oxygen atoms in total. The molecule has 0 aliphatic carbocycles. The molecule has 1 saturated heterocycles. The Labute approximate surface area is 185 Å². The van der Waals surface area contributed by atoms with Gasteiger partial charge in [-0.15, -0.1) is 0 Å². The van der Waals surface area contributed by atoms with E-state index >= 15 is 0 Å². The van der Waals surface area contributed by atoms with Crippen LogP contribution in [0.25, 0.3) is 5.76 Å². The number of furan rings is 1. The molecule has 2 aromatic heterocycles. The topological polar surface area (TPSA) is 97.8 Å². The second-order valence-electron chi connectivity index (χ2n) is 7.53. The highest BCUT2D eigenvalue weighted by Crippen LogP contribution is 2.39. The molecule has 3 heterocycles. The molecule has 1 aromatic carbocycles. The molecule has 1 fully saturated rings. The highest BCUT2D eigenvalue weighted by Gasteiger charge is 2.47. The summed E-state index contributed by atoms with van der Waals surface area (Å²) in [7, 11) is 0. The fourth-order valence-electron chi connectivity index (χ4n) is 3.78. The van der Waals surface area contributed by atoms with Crippen molar-refractivity contribution >= 4 is 17.4 Å². The summed E-state index contributed by atoms with van der Waals surface area (Å²) >= 11 is 0. The number of aliphatic hydroxyl groups is 1. The number of aliphatic hydroxyl groups excluding tert-OH is 1. The Kier molecular flexibility index (Phi) is 6.39. The summed E-state index contributed by atoms with van der Waals surface area (Å²) in [5.74, 6) is -0.509. The van der Waals surface area contributed by atoms with E-state index in [2.05, 4.69) is 4.98 Å². The molecule has 1 unspecified atom stereocenters. The van der Waals surface area contributed by atoms with Crippen molar-refractivity contribution in [2.24, 2.45) is 0 Å². The zero-order valence-electron chi connectivity index (χ0n) is 17.8. The Morgan fingerprint density at radius 1 is 1.19 bits per heavy atom. The van der Waals surface area contributed by atoms with Crippen LogP contribution >= 0.6 is 0 Å². The summed E-state index contributed by atoms with van der Waals surface area (Å²) in [5.41, 5.74) is 0.455. The van der Waals surface area contributed by atoms with Crippen LogP contribution in [0.5, 0.6) is 5.75 Å². The van der Waals surface area contributed by atoms with Crippen molar-refractivity contribution < 1.29 is 23.8 Å². The number of hydrogen-bond donors (Lipinski definition) is 1. The lowest BCUT2D eigenvalue weighted by Crippen LogP contribution is -2.31. The first-order valence-corrected chi connectivity index (χ1v) is 10.6. The van der Waals surface area contributed by atoms with Gasteiger partial charge in [-0.1, -0.05) is 6.92 Å². The minimum Gasteiger partial charge on any atom is -0.507 e. The van der Waals surface area contributed by atoms with Gasteiger partial charge in [0.15, 0.2) is 0 Å². The Balaban J connectivity index is 1.63. The van der Waals surface area contributed by atoms with Gasteiger partial charge in [0.25, 0.3) is 11.7 Å². The maximum absolute atomic E-state index is 12.9. The monoisotopic (exact) mass is 435 g/mol. The van der Waals surface area contributed by atoms with Gasteiger partial charge >= 0.3 is 0 Å². The lowest BCUT2D eigenvalue weighted by atomic mass is 9.99. The number of Topliss-reactive ketones (excluding diaryl/α,β-unsaturated/α-hetero) is 1. The number of hydrogen-bond acceptors (Lipinski definition) is 6.